The number of aryl methyl sites for hydroxylation is 1. The standard InChI is InChI=1S/C21H23N3O3S/c1-5-23-14(2)11-17(15(23)3)19(25)13-27-20(26)18-12-22-21(28-4)24(18)16-9-7-6-8-10-16/h6-12H,5,13H2,1-4H3. The van der Waals surface area contributed by atoms with Gasteiger partial charge in [-0.25, -0.2) is 9.78 Å². The van der Waals surface area contributed by atoms with Crippen molar-refractivity contribution in [2.24, 2.45) is 0 Å². The number of benzene rings is 1. The number of hydrogen-bond donors (Lipinski definition) is 0. The molecule has 2 heterocycles. The molecule has 6 nitrogen and oxygen atoms in total. The molecule has 0 aliphatic heterocycles. The first kappa shape index (κ1) is 19.9. The van der Waals surface area contributed by atoms with Gasteiger partial charge in [-0.1, -0.05) is 30.0 Å². The summed E-state index contributed by atoms with van der Waals surface area (Å²) in [7, 11) is 0. The molecule has 0 atom stereocenters. The highest BCUT2D eigenvalue weighted by Crippen LogP contribution is 2.22. The average molecular weight is 398 g/mol. The van der Waals surface area contributed by atoms with E-state index in [-0.39, 0.29) is 12.4 Å². The summed E-state index contributed by atoms with van der Waals surface area (Å²) >= 11 is 1.43. The van der Waals surface area contributed by atoms with Crippen molar-refractivity contribution in [2.75, 3.05) is 12.9 Å². The molecule has 7 heteroatoms. The number of imidazole rings is 1. The second kappa shape index (κ2) is 8.48. The van der Waals surface area contributed by atoms with Crippen LogP contribution in [0, 0.1) is 13.8 Å². The van der Waals surface area contributed by atoms with Crippen LogP contribution in [0.25, 0.3) is 5.69 Å². The molecule has 0 saturated carbocycles. The molecule has 0 aliphatic carbocycles. The number of carbonyl (C=O) groups is 2. The van der Waals surface area contributed by atoms with E-state index in [0.29, 0.717) is 16.4 Å². The summed E-state index contributed by atoms with van der Waals surface area (Å²) in [5, 5.41) is 0.677. The van der Waals surface area contributed by atoms with Crippen LogP contribution in [0.1, 0.15) is 39.2 Å². The van der Waals surface area contributed by atoms with Gasteiger partial charge in [-0.2, -0.15) is 0 Å². The number of para-hydroxylation sites is 1. The first-order valence-corrected chi connectivity index (χ1v) is 10.2. The van der Waals surface area contributed by atoms with Gasteiger partial charge in [0, 0.05) is 29.2 Å². The lowest BCUT2D eigenvalue weighted by Gasteiger charge is -2.10. The first-order chi connectivity index (χ1) is 13.5. The van der Waals surface area contributed by atoms with E-state index in [0.717, 1.165) is 23.6 Å². The molecule has 1 aromatic carbocycles. The summed E-state index contributed by atoms with van der Waals surface area (Å²) in [6.45, 7) is 6.38. The van der Waals surface area contributed by atoms with Crippen LogP contribution in [0.2, 0.25) is 0 Å². The smallest absolute Gasteiger partial charge is 0.357 e. The van der Waals surface area contributed by atoms with Gasteiger partial charge in [0.25, 0.3) is 0 Å². The number of thioether (sulfide) groups is 1. The molecule has 2 aromatic heterocycles. The van der Waals surface area contributed by atoms with E-state index in [9.17, 15) is 9.59 Å². The summed E-state index contributed by atoms with van der Waals surface area (Å²) in [6, 6.07) is 11.3. The number of aromatic nitrogens is 3. The highest BCUT2D eigenvalue weighted by atomic mass is 32.2. The van der Waals surface area contributed by atoms with Gasteiger partial charge in [0.2, 0.25) is 5.78 Å². The zero-order chi connectivity index (χ0) is 20.3. The normalized spacial score (nSPS) is 10.9. The maximum atomic E-state index is 12.7. The van der Waals surface area contributed by atoms with Crippen LogP contribution in [-0.4, -0.2) is 38.7 Å². The highest BCUT2D eigenvalue weighted by molar-refractivity contribution is 7.98. The molecule has 0 radical (unpaired) electrons. The van der Waals surface area contributed by atoms with Crippen LogP contribution < -0.4 is 0 Å². The van der Waals surface area contributed by atoms with Crippen molar-refractivity contribution in [2.45, 2.75) is 32.5 Å². The number of ether oxygens (including phenoxy) is 1. The summed E-state index contributed by atoms with van der Waals surface area (Å²) in [5.74, 6) is -0.786. The number of nitrogens with zero attached hydrogens (tertiary/aromatic N) is 3. The Morgan fingerprint density at radius 1 is 1.18 bits per heavy atom. The van der Waals surface area contributed by atoms with E-state index < -0.39 is 5.97 Å². The summed E-state index contributed by atoms with van der Waals surface area (Å²) in [5.41, 5.74) is 3.60. The van der Waals surface area contributed by atoms with Crippen LogP contribution in [0.4, 0.5) is 0 Å². The van der Waals surface area contributed by atoms with Crippen molar-refractivity contribution in [1.29, 1.82) is 0 Å². The third-order valence-corrected chi connectivity index (χ3v) is 5.31. The largest absolute Gasteiger partial charge is 0.453 e. The van der Waals surface area contributed by atoms with Gasteiger partial charge in [0.1, 0.15) is 0 Å². The van der Waals surface area contributed by atoms with Gasteiger partial charge >= 0.3 is 5.97 Å². The monoisotopic (exact) mass is 397 g/mol. The van der Waals surface area contributed by atoms with Gasteiger partial charge < -0.3 is 9.30 Å². The Hall–Kier alpha value is -2.80. The minimum atomic E-state index is -0.575. The third kappa shape index (κ3) is 3.75. The summed E-state index contributed by atoms with van der Waals surface area (Å²) < 4.78 is 9.13. The van der Waals surface area contributed by atoms with E-state index >= 15 is 0 Å². The van der Waals surface area contributed by atoms with Crippen molar-refractivity contribution in [3.05, 3.63) is 65.2 Å². The van der Waals surface area contributed by atoms with E-state index in [4.69, 9.17) is 4.74 Å². The van der Waals surface area contributed by atoms with Gasteiger partial charge in [-0.15, -0.1) is 0 Å². The molecular formula is C21H23N3O3S. The molecule has 28 heavy (non-hydrogen) atoms. The Labute approximate surface area is 168 Å². The van der Waals surface area contributed by atoms with Crippen molar-refractivity contribution in [1.82, 2.24) is 14.1 Å². The molecule has 0 N–H and O–H groups in total. The lowest BCUT2D eigenvalue weighted by molar-refractivity contribution is 0.0466. The zero-order valence-electron chi connectivity index (χ0n) is 16.4. The van der Waals surface area contributed by atoms with Gasteiger partial charge in [-0.05, 0) is 45.2 Å². The van der Waals surface area contributed by atoms with E-state index in [2.05, 4.69) is 9.55 Å². The predicted molar refractivity (Wildman–Crippen MR) is 110 cm³/mol. The Bertz CT molecular complexity index is 1010. The number of ketones is 1. The maximum Gasteiger partial charge on any atom is 0.357 e. The molecule has 146 valence electrons. The highest BCUT2D eigenvalue weighted by Gasteiger charge is 2.21. The van der Waals surface area contributed by atoms with Gasteiger partial charge in [0.05, 0.1) is 6.20 Å². The maximum absolute atomic E-state index is 12.7. The van der Waals surface area contributed by atoms with Crippen LogP contribution in [0.15, 0.2) is 47.8 Å². The fourth-order valence-electron chi connectivity index (χ4n) is 3.30. The number of esters is 1. The summed E-state index contributed by atoms with van der Waals surface area (Å²) in [4.78, 5) is 29.5. The van der Waals surface area contributed by atoms with Crippen molar-refractivity contribution in [3.63, 3.8) is 0 Å². The Balaban J connectivity index is 1.79. The Morgan fingerprint density at radius 3 is 2.50 bits per heavy atom. The minimum absolute atomic E-state index is 0.211. The SMILES string of the molecule is CCn1c(C)cc(C(=O)COC(=O)c2cnc(SC)n2-c2ccccc2)c1C. The van der Waals surface area contributed by atoms with E-state index in [1.54, 1.807) is 4.57 Å². The van der Waals surface area contributed by atoms with Crippen molar-refractivity contribution >= 4 is 23.5 Å². The quantitative estimate of drug-likeness (QED) is 0.342. The van der Waals surface area contributed by atoms with Crippen molar-refractivity contribution in [3.8, 4) is 5.69 Å². The molecule has 0 spiro atoms. The number of Topliss-reactive ketones (excluding diaryl/α,β-unsaturated/α-hetero) is 1. The lowest BCUT2D eigenvalue weighted by Crippen LogP contribution is -2.17. The molecule has 0 saturated heterocycles. The summed E-state index contributed by atoms with van der Waals surface area (Å²) in [6.07, 6.45) is 3.37. The Kier molecular flexibility index (Phi) is 6.04. The average Bonchev–Trinajstić information content (AvgIpc) is 3.27. The fourth-order valence-corrected chi connectivity index (χ4v) is 3.85. The predicted octanol–water partition coefficient (Wildman–Crippen LogP) is 4.07. The van der Waals surface area contributed by atoms with Crippen molar-refractivity contribution < 1.29 is 14.3 Å². The molecule has 0 aliphatic rings. The fraction of sp³-hybridized carbons (Fsp3) is 0.286. The van der Waals surface area contributed by atoms with E-state index in [1.165, 1.54) is 18.0 Å². The second-order valence-corrected chi connectivity index (χ2v) is 7.10. The zero-order valence-corrected chi connectivity index (χ0v) is 17.2. The van der Waals surface area contributed by atoms with Gasteiger partial charge in [0.15, 0.2) is 17.5 Å². The molecule has 0 amide bonds. The number of carbonyl (C=O) groups excluding carboxylic acids is 2. The molecule has 3 aromatic rings. The molecule has 3 rings (SSSR count). The second-order valence-electron chi connectivity index (χ2n) is 6.33. The van der Waals surface area contributed by atoms with Crippen LogP contribution in [-0.2, 0) is 11.3 Å². The Morgan fingerprint density at radius 2 is 1.89 bits per heavy atom. The topological polar surface area (TPSA) is 66.1 Å². The van der Waals surface area contributed by atoms with Crippen LogP contribution in [0.3, 0.4) is 0 Å². The first-order valence-electron chi connectivity index (χ1n) is 9.02. The molecule has 0 bridgehead atoms. The van der Waals surface area contributed by atoms with Crippen LogP contribution in [0.5, 0.6) is 0 Å². The minimum Gasteiger partial charge on any atom is -0.453 e. The molecular weight excluding hydrogens is 374 g/mol. The lowest BCUT2D eigenvalue weighted by atomic mass is 10.1. The van der Waals surface area contributed by atoms with Crippen LogP contribution >= 0.6 is 11.8 Å². The van der Waals surface area contributed by atoms with E-state index in [1.807, 2.05) is 63.4 Å². The molecule has 0 fully saturated rings. The van der Waals surface area contributed by atoms with Gasteiger partial charge in [-0.3, -0.25) is 9.36 Å². The number of hydrogen-bond acceptors (Lipinski definition) is 5. The number of rotatable bonds is 7. The molecule has 0 unspecified atom stereocenters. The third-order valence-electron chi connectivity index (χ3n) is 4.66.